The van der Waals surface area contributed by atoms with Gasteiger partial charge in [0.1, 0.15) is 39.9 Å². The molecule has 14 heteroatoms. The molecule has 0 aromatic heterocycles. The number of hydrogen-bond acceptors (Lipinski definition) is 6. The molecule has 0 fully saturated rings. The van der Waals surface area contributed by atoms with E-state index in [1.165, 1.54) is 61.7 Å². The van der Waals surface area contributed by atoms with Gasteiger partial charge in [-0.05, 0) is 98.8 Å². The van der Waals surface area contributed by atoms with Gasteiger partial charge in [-0.2, -0.15) is 0 Å². The van der Waals surface area contributed by atoms with Gasteiger partial charge in [0.2, 0.25) is 0 Å². The van der Waals surface area contributed by atoms with Crippen molar-refractivity contribution in [3.05, 3.63) is 182 Å². The third-order valence-electron chi connectivity index (χ3n) is 8.62. The van der Waals surface area contributed by atoms with Gasteiger partial charge in [-0.3, -0.25) is 14.4 Å². The standard InChI is InChI=1S/C42H24F8O6/c1-19-32(43)36(47)30(37(48)33(19)44)41(52)22-6-12-26(13-7-22)55-28-16-24(40(51)21-4-10-25(54-3)11-5-21)17-29(18-28)56-27-14-8-23(9-15-27)42(53)31-38(49)34(45)20(2)35(46)39(31)50/h4-18H,1-3H3. The Hall–Kier alpha value is -6.83. The van der Waals surface area contributed by atoms with Crippen LogP contribution in [0, 0.1) is 60.4 Å². The highest BCUT2D eigenvalue weighted by Crippen LogP contribution is 2.34. The molecule has 0 amide bonds. The molecule has 6 rings (SSSR count). The third kappa shape index (κ3) is 7.32. The van der Waals surface area contributed by atoms with Gasteiger partial charge in [0.05, 0.1) is 7.11 Å². The molecule has 0 aliphatic carbocycles. The number of methoxy groups -OCH3 is 1. The summed E-state index contributed by atoms with van der Waals surface area (Å²) in [6.45, 7) is 1.64. The van der Waals surface area contributed by atoms with E-state index in [4.69, 9.17) is 14.2 Å². The maximum atomic E-state index is 14.5. The molecule has 0 unspecified atom stereocenters. The van der Waals surface area contributed by atoms with E-state index in [0.29, 0.717) is 5.75 Å². The lowest BCUT2D eigenvalue weighted by Crippen LogP contribution is -2.13. The first-order chi connectivity index (χ1) is 26.6. The molecule has 0 saturated carbocycles. The van der Waals surface area contributed by atoms with Gasteiger partial charge in [-0.15, -0.1) is 0 Å². The number of carbonyl (C=O) groups excluding carboxylic acids is 3. The molecule has 0 bridgehead atoms. The van der Waals surface area contributed by atoms with Crippen molar-refractivity contribution in [1.29, 1.82) is 0 Å². The smallest absolute Gasteiger partial charge is 0.199 e. The van der Waals surface area contributed by atoms with Gasteiger partial charge in [-0.1, -0.05) is 0 Å². The van der Waals surface area contributed by atoms with Crippen molar-refractivity contribution in [1.82, 2.24) is 0 Å². The van der Waals surface area contributed by atoms with Crippen LogP contribution >= 0.6 is 0 Å². The molecule has 0 saturated heterocycles. The van der Waals surface area contributed by atoms with Gasteiger partial charge in [0.25, 0.3) is 0 Å². The van der Waals surface area contributed by atoms with Crippen LogP contribution in [-0.2, 0) is 0 Å². The summed E-state index contributed by atoms with van der Waals surface area (Å²) < 4.78 is 132. The fourth-order valence-corrected chi connectivity index (χ4v) is 5.52. The van der Waals surface area contributed by atoms with Crippen LogP contribution in [0.2, 0.25) is 0 Å². The van der Waals surface area contributed by atoms with Crippen molar-refractivity contribution >= 4 is 17.3 Å². The van der Waals surface area contributed by atoms with Crippen LogP contribution in [0.4, 0.5) is 35.1 Å². The number of benzene rings is 6. The van der Waals surface area contributed by atoms with E-state index in [1.54, 1.807) is 12.1 Å². The summed E-state index contributed by atoms with van der Waals surface area (Å²) in [4.78, 5) is 39.3. The maximum Gasteiger partial charge on any atom is 0.199 e. The van der Waals surface area contributed by atoms with E-state index >= 15 is 0 Å². The monoisotopic (exact) mass is 776 g/mol. The van der Waals surface area contributed by atoms with E-state index < -0.39 is 86.1 Å². The molecule has 0 atom stereocenters. The zero-order valence-corrected chi connectivity index (χ0v) is 29.1. The van der Waals surface area contributed by atoms with Crippen LogP contribution in [-0.4, -0.2) is 24.5 Å². The van der Waals surface area contributed by atoms with E-state index in [-0.39, 0.29) is 45.3 Å². The molecule has 56 heavy (non-hydrogen) atoms. The van der Waals surface area contributed by atoms with Crippen LogP contribution in [0.1, 0.15) is 58.9 Å². The number of carbonyl (C=O) groups is 3. The quantitative estimate of drug-likeness (QED) is 0.0741. The second-order valence-electron chi connectivity index (χ2n) is 12.2. The maximum absolute atomic E-state index is 14.5. The van der Waals surface area contributed by atoms with Crippen molar-refractivity contribution in [3.63, 3.8) is 0 Å². The second kappa shape index (κ2) is 15.5. The zero-order chi connectivity index (χ0) is 40.6. The number of halogens is 8. The zero-order valence-electron chi connectivity index (χ0n) is 29.1. The van der Waals surface area contributed by atoms with Crippen molar-refractivity contribution in [2.45, 2.75) is 13.8 Å². The molecular formula is C42H24F8O6. The largest absolute Gasteiger partial charge is 0.497 e. The summed E-state index contributed by atoms with van der Waals surface area (Å²) in [5.74, 6) is -16.8. The number of ether oxygens (including phenoxy) is 3. The third-order valence-corrected chi connectivity index (χ3v) is 8.62. The summed E-state index contributed by atoms with van der Waals surface area (Å²) in [7, 11) is 1.45. The minimum absolute atomic E-state index is 0.000577. The summed E-state index contributed by atoms with van der Waals surface area (Å²) in [6.07, 6.45) is 0. The van der Waals surface area contributed by atoms with Gasteiger partial charge in [0.15, 0.2) is 63.9 Å². The highest BCUT2D eigenvalue weighted by atomic mass is 19.2. The van der Waals surface area contributed by atoms with E-state index in [9.17, 15) is 49.5 Å². The Morgan fingerprint density at radius 3 is 1.00 bits per heavy atom. The molecule has 0 N–H and O–H groups in total. The summed E-state index contributed by atoms with van der Waals surface area (Å²) in [5, 5.41) is 0. The van der Waals surface area contributed by atoms with Crippen molar-refractivity contribution in [3.8, 4) is 28.7 Å². The van der Waals surface area contributed by atoms with Crippen molar-refractivity contribution in [2.24, 2.45) is 0 Å². The van der Waals surface area contributed by atoms with E-state index in [1.807, 2.05) is 0 Å². The van der Waals surface area contributed by atoms with Crippen LogP contribution in [0.5, 0.6) is 28.7 Å². The lowest BCUT2D eigenvalue weighted by molar-refractivity contribution is 0.102. The molecule has 284 valence electrons. The minimum Gasteiger partial charge on any atom is -0.497 e. The highest BCUT2D eigenvalue weighted by molar-refractivity contribution is 6.11. The lowest BCUT2D eigenvalue weighted by atomic mass is 9.99. The molecule has 0 heterocycles. The molecule has 0 spiro atoms. The summed E-state index contributed by atoms with van der Waals surface area (Å²) in [6, 6.07) is 19.4. The Bertz CT molecular complexity index is 2350. The van der Waals surface area contributed by atoms with E-state index in [0.717, 1.165) is 38.1 Å². The number of hydrogen-bond donors (Lipinski definition) is 0. The molecule has 0 aliphatic rings. The Labute approximate surface area is 312 Å². The highest BCUT2D eigenvalue weighted by Gasteiger charge is 2.30. The first-order valence-electron chi connectivity index (χ1n) is 16.2. The topological polar surface area (TPSA) is 78.9 Å². The first-order valence-corrected chi connectivity index (χ1v) is 16.2. The van der Waals surface area contributed by atoms with Crippen LogP contribution < -0.4 is 14.2 Å². The normalized spacial score (nSPS) is 11.0. The minimum atomic E-state index is -1.85. The molecular weight excluding hydrogens is 752 g/mol. The molecule has 0 aliphatic heterocycles. The molecule has 6 nitrogen and oxygen atoms in total. The predicted octanol–water partition coefficient (Wildman–Crippen LogP) is 10.7. The Kier molecular flexibility index (Phi) is 10.8. The average Bonchev–Trinajstić information content (AvgIpc) is 3.21. The molecule has 6 aromatic carbocycles. The van der Waals surface area contributed by atoms with Gasteiger partial charge < -0.3 is 14.2 Å². The van der Waals surface area contributed by atoms with Crippen molar-refractivity contribution in [2.75, 3.05) is 7.11 Å². The van der Waals surface area contributed by atoms with Crippen molar-refractivity contribution < 1.29 is 63.7 Å². The summed E-state index contributed by atoms with van der Waals surface area (Å²) >= 11 is 0. The number of rotatable bonds is 11. The van der Waals surface area contributed by atoms with Crippen LogP contribution in [0.15, 0.2) is 91.0 Å². The fraction of sp³-hybridized carbons (Fsp3) is 0.0714. The Morgan fingerprint density at radius 2 is 0.679 bits per heavy atom. The molecule has 6 aromatic rings. The van der Waals surface area contributed by atoms with Gasteiger partial charge in [-0.25, -0.2) is 35.1 Å². The second-order valence-corrected chi connectivity index (χ2v) is 12.2. The Balaban J connectivity index is 1.30. The van der Waals surface area contributed by atoms with Crippen LogP contribution in [0.25, 0.3) is 0 Å². The SMILES string of the molecule is COc1ccc(C(=O)c2cc(Oc3ccc(C(=O)c4c(F)c(F)c(C)c(F)c4F)cc3)cc(Oc3ccc(C(=O)c4c(F)c(F)c(C)c(F)c4F)cc3)c2)cc1. The number of ketones is 3. The van der Waals surface area contributed by atoms with Crippen LogP contribution in [0.3, 0.4) is 0 Å². The average molecular weight is 777 g/mol. The fourth-order valence-electron chi connectivity index (χ4n) is 5.52. The summed E-state index contributed by atoms with van der Waals surface area (Å²) in [5.41, 5.74) is -5.07. The molecule has 0 radical (unpaired) electrons. The lowest BCUT2D eigenvalue weighted by Gasteiger charge is -2.13. The van der Waals surface area contributed by atoms with E-state index in [2.05, 4.69) is 0 Å². The predicted molar refractivity (Wildman–Crippen MR) is 185 cm³/mol. The Morgan fingerprint density at radius 1 is 0.375 bits per heavy atom. The van der Waals surface area contributed by atoms with Gasteiger partial charge in [0, 0.05) is 39.4 Å². The first kappa shape index (κ1) is 38.9. The van der Waals surface area contributed by atoms with Gasteiger partial charge >= 0.3 is 0 Å².